The van der Waals surface area contributed by atoms with Crippen LogP contribution in [0.2, 0.25) is 0 Å². The lowest BCUT2D eigenvalue weighted by atomic mass is 9.85. The number of benzene rings is 2. The van der Waals surface area contributed by atoms with Gasteiger partial charge in [-0.15, -0.1) is 0 Å². The number of carbonyl (C=O) groups excluding carboxylic acids is 1. The number of rotatable bonds is 5. The van der Waals surface area contributed by atoms with Gasteiger partial charge in [0.05, 0.1) is 31.8 Å². The number of ether oxygens (including phenoxy) is 2. The Morgan fingerprint density at radius 3 is 2.43 bits per heavy atom. The standard InChI is InChI=1S/C18H20O5/c1-22-16-7-12-5-3-2-4-11(12)6-13(16)18-15(9-20)14(8-19)17(10-21)23-18/h2-7,9,14-15,17-19,21H,8,10H2,1H3/t14?,15?,17-,18+/m1/s1. The summed E-state index contributed by atoms with van der Waals surface area (Å²) in [6.45, 7) is -0.441. The summed E-state index contributed by atoms with van der Waals surface area (Å²) in [5.41, 5.74) is 0.762. The van der Waals surface area contributed by atoms with Crippen LogP contribution < -0.4 is 4.74 Å². The molecule has 0 amide bonds. The Bertz CT molecular complexity index is 699. The fourth-order valence-electron chi connectivity index (χ4n) is 3.36. The molecule has 1 saturated heterocycles. The summed E-state index contributed by atoms with van der Waals surface area (Å²) in [6.07, 6.45) is -0.298. The third-order valence-electron chi connectivity index (χ3n) is 4.60. The molecule has 0 aromatic heterocycles. The Labute approximate surface area is 134 Å². The molecule has 3 rings (SSSR count). The first-order chi connectivity index (χ1) is 11.2. The highest BCUT2D eigenvalue weighted by atomic mass is 16.5. The minimum absolute atomic E-state index is 0.207. The van der Waals surface area contributed by atoms with Crippen molar-refractivity contribution in [1.29, 1.82) is 0 Å². The predicted molar refractivity (Wildman–Crippen MR) is 85.3 cm³/mol. The predicted octanol–water partition coefficient (Wildman–Crippen LogP) is 1.70. The highest BCUT2D eigenvalue weighted by molar-refractivity contribution is 5.85. The quantitative estimate of drug-likeness (QED) is 0.821. The molecule has 2 N–H and O–H groups in total. The summed E-state index contributed by atoms with van der Waals surface area (Å²) in [5.74, 6) is -0.304. The van der Waals surface area contributed by atoms with E-state index >= 15 is 0 Å². The number of hydrogen-bond donors (Lipinski definition) is 2. The van der Waals surface area contributed by atoms with Gasteiger partial charge in [0, 0.05) is 18.1 Å². The average Bonchev–Trinajstić information content (AvgIpc) is 2.97. The van der Waals surface area contributed by atoms with E-state index in [0.717, 1.165) is 22.6 Å². The van der Waals surface area contributed by atoms with Crippen LogP contribution in [0.5, 0.6) is 5.75 Å². The lowest BCUT2D eigenvalue weighted by Gasteiger charge is -2.19. The van der Waals surface area contributed by atoms with Crippen molar-refractivity contribution in [3.05, 3.63) is 42.0 Å². The van der Waals surface area contributed by atoms with Crippen LogP contribution in [0, 0.1) is 11.8 Å². The molecule has 0 radical (unpaired) electrons. The fourth-order valence-corrected chi connectivity index (χ4v) is 3.36. The zero-order chi connectivity index (χ0) is 16.4. The maximum Gasteiger partial charge on any atom is 0.126 e. The summed E-state index contributed by atoms with van der Waals surface area (Å²) in [6, 6.07) is 11.7. The molecule has 1 aliphatic heterocycles. The van der Waals surface area contributed by atoms with E-state index in [1.54, 1.807) is 7.11 Å². The summed E-state index contributed by atoms with van der Waals surface area (Å²) in [7, 11) is 1.57. The number of fused-ring (bicyclic) bond motifs is 1. The molecule has 23 heavy (non-hydrogen) atoms. The summed E-state index contributed by atoms with van der Waals surface area (Å²) in [5, 5.41) is 21.1. The smallest absolute Gasteiger partial charge is 0.126 e. The number of aliphatic hydroxyl groups excluding tert-OH is 2. The zero-order valence-electron chi connectivity index (χ0n) is 12.9. The number of aliphatic hydroxyl groups is 2. The molecule has 2 aromatic rings. The molecule has 2 unspecified atom stereocenters. The minimum atomic E-state index is -0.559. The second-order valence-corrected chi connectivity index (χ2v) is 5.78. The molecule has 0 aliphatic carbocycles. The van der Waals surface area contributed by atoms with Gasteiger partial charge in [0.2, 0.25) is 0 Å². The molecule has 5 nitrogen and oxygen atoms in total. The van der Waals surface area contributed by atoms with Gasteiger partial charge in [-0.3, -0.25) is 0 Å². The van der Waals surface area contributed by atoms with Crippen molar-refractivity contribution < 1.29 is 24.5 Å². The maximum atomic E-state index is 11.6. The van der Waals surface area contributed by atoms with Crippen LogP contribution in [0.3, 0.4) is 0 Å². The second-order valence-electron chi connectivity index (χ2n) is 5.78. The Hall–Kier alpha value is -1.95. The Kier molecular flexibility index (Phi) is 4.61. The molecule has 2 aromatic carbocycles. The number of hydrogen-bond acceptors (Lipinski definition) is 5. The molecular weight excluding hydrogens is 296 g/mol. The molecule has 122 valence electrons. The number of methoxy groups -OCH3 is 1. The largest absolute Gasteiger partial charge is 0.496 e. The van der Waals surface area contributed by atoms with Crippen molar-refractivity contribution in [2.75, 3.05) is 20.3 Å². The van der Waals surface area contributed by atoms with Crippen LogP contribution >= 0.6 is 0 Å². The molecule has 0 saturated carbocycles. The minimum Gasteiger partial charge on any atom is -0.496 e. The molecule has 1 heterocycles. The zero-order valence-corrected chi connectivity index (χ0v) is 12.9. The van der Waals surface area contributed by atoms with Crippen molar-refractivity contribution in [2.24, 2.45) is 11.8 Å². The molecule has 1 aliphatic rings. The molecular formula is C18H20O5. The van der Waals surface area contributed by atoms with Crippen molar-refractivity contribution in [2.45, 2.75) is 12.2 Å². The first-order valence-electron chi connectivity index (χ1n) is 7.62. The van der Waals surface area contributed by atoms with E-state index in [9.17, 15) is 15.0 Å². The van der Waals surface area contributed by atoms with Gasteiger partial charge in [-0.05, 0) is 22.9 Å². The molecule has 1 fully saturated rings. The van der Waals surface area contributed by atoms with E-state index in [-0.39, 0.29) is 13.2 Å². The molecule has 0 spiro atoms. The van der Waals surface area contributed by atoms with Gasteiger partial charge in [-0.1, -0.05) is 24.3 Å². The van der Waals surface area contributed by atoms with Crippen LogP contribution in [-0.2, 0) is 9.53 Å². The number of aldehydes is 1. The van der Waals surface area contributed by atoms with E-state index in [1.165, 1.54) is 0 Å². The van der Waals surface area contributed by atoms with E-state index < -0.39 is 24.0 Å². The van der Waals surface area contributed by atoms with Gasteiger partial charge in [0.15, 0.2) is 0 Å². The average molecular weight is 316 g/mol. The third-order valence-corrected chi connectivity index (χ3v) is 4.60. The lowest BCUT2D eigenvalue weighted by Crippen LogP contribution is -2.27. The monoisotopic (exact) mass is 316 g/mol. The van der Waals surface area contributed by atoms with Crippen molar-refractivity contribution >= 4 is 17.1 Å². The topological polar surface area (TPSA) is 76.0 Å². The van der Waals surface area contributed by atoms with Crippen LogP contribution in [0.15, 0.2) is 36.4 Å². The summed E-state index contributed by atoms with van der Waals surface area (Å²) < 4.78 is 11.3. The lowest BCUT2D eigenvalue weighted by molar-refractivity contribution is -0.113. The normalized spacial score (nSPS) is 27.3. The Morgan fingerprint density at radius 1 is 1.17 bits per heavy atom. The summed E-state index contributed by atoms with van der Waals surface area (Å²) >= 11 is 0. The first kappa shape index (κ1) is 15.9. The maximum absolute atomic E-state index is 11.6. The van der Waals surface area contributed by atoms with Crippen LogP contribution in [0.25, 0.3) is 10.8 Å². The Balaban J connectivity index is 2.09. The van der Waals surface area contributed by atoms with Crippen molar-refractivity contribution in [3.63, 3.8) is 0 Å². The van der Waals surface area contributed by atoms with Gasteiger partial charge < -0.3 is 24.5 Å². The van der Waals surface area contributed by atoms with Gasteiger partial charge in [0.25, 0.3) is 0 Å². The van der Waals surface area contributed by atoms with Crippen molar-refractivity contribution in [3.8, 4) is 5.75 Å². The highest BCUT2D eigenvalue weighted by Gasteiger charge is 2.45. The SMILES string of the molecule is COc1cc2ccccc2cc1[C@@H]1O[C@H](CO)C(CO)C1C=O. The molecule has 5 heteroatoms. The fraction of sp³-hybridized carbons (Fsp3) is 0.389. The summed E-state index contributed by atoms with van der Waals surface area (Å²) in [4.78, 5) is 11.6. The first-order valence-corrected chi connectivity index (χ1v) is 7.62. The van der Waals surface area contributed by atoms with E-state index in [1.807, 2.05) is 36.4 Å². The van der Waals surface area contributed by atoms with Gasteiger partial charge in [-0.2, -0.15) is 0 Å². The Morgan fingerprint density at radius 2 is 1.87 bits per heavy atom. The molecule has 0 bridgehead atoms. The highest BCUT2D eigenvalue weighted by Crippen LogP contribution is 2.45. The number of carbonyl (C=O) groups is 1. The van der Waals surface area contributed by atoms with Gasteiger partial charge in [0.1, 0.15) is 12.0 Å². The van der Waals surface area contributed by atoms with E-state index in [0.29, 0.717) is 5.75 Å². The van der Waals surface area contributed by atoms with Gasteiger partial charge >= 0.3 is 0 Å². The van der Waals surface area contributed by atoms with Crippen LogP contribution in [0.4, 0.5) is 0 Å². The van der Waals surface area contributed by atoms with Crippen LogP contribution in [-0.4, -0.2) is 42.9 Å². The van der Waals surface area contributed by atoms with E-state index in [4.69, 9.17) is 9.47 Å². The third kappa shape index (κ3) is 2.72. The second kappa shape index (κ2) is 6.66. The van der Waals surface area contributed by atoms with Gasteiger partial charge in [-0.25, -0.2) is 0 Å². The van der Waals surface area contributed by atoms with Crippen molar-refractivity contribution in [1.82, 2.24) is 0 Å². The molecule has 4 atom stereocenters. The van der Waals surface area contributed by atoms with E-state index in [2.05, 4.69) is 0 Å². The van der Waals surface area contributed by atoms with Crippen LogP contribution in [0.1, 0.15) is 11.7 Å².